The minimum absolute atomic E-state index is 0.380. The minimum atomic E-state index is 0.380. The van der Waals surface area contributed by atoms with Crippen LogP contribution in [0.1, 0.15) is 19.3 Å². The Morgan fingerprint density at radius 2 is 2.07 bits per heavy atom. The Hall–Kier alpha value is -1.25. The Bertz CT molecular complexity index is 343. The molecule has 74 valence electrons. The van der Waals surface area contributed by atoms with Crippen molar-refractivity contribution in [3.8, 4) is 5.75 Å². The molecule has 0 aromatic carbocycles. The van der Waals surface area contributed by atoms with Gasteiger partial charge in [-0.15, -0.1) is 0 Å². The predicted molar refractivity (Wildman–Crippen MR) is 53.9 cm³/mol. The van der Waals surface area contributed by atoms with Crippen LogP contribution >= 0.6 is 0 Å². The highest BCUT2D eigenvalue weighted by molar-refractivity contribution is 5.44. The van der Waals surface area contributed by atoms with Crippen molar-refractivity contribution in [3.05, 3.63) is 18.3 Å². The van der Waals surface area contributed by atoms with Gasteiger partial charge < -0.3 is 10.5 Å². The van der Waals surface area contributed by atoms with Gasteiger partial charge in [0.15, 0.2) is 11.6 Å². The number of hydrogen-bond donors (Lipinski definition) is 1. The molecule has 0 aliphatic heterocycles. The molecule has 2 fully saturated rings. The summed E-state index contributed by atoms with van der Waals surface area (Å²) in [6, 6.07) is 3.76. The van der Waals surface area contributed by atoms with E-state index >= 15 is 0 Å². The summed E-state index contributed by atoms with van der Waals surface area (Å²) >= 11 is 0. The number of aromatic nitrogens is 1. The third kappa shape index (κ3) is 1.33. The van der Waals surface area contributed by atoms with E-state index in [2.05, 4.69) is 4.98 Å². The molecular weight excluding hydrogens is 176 g/mol. The van der Waals surface area contributed by atoms with Gasteiger partial charge in [-0.05, 0) is 43.2 Å². The van der Waals surface area contributed by atoms with Gasteiger partial charge in [-0.25, -0.2) is 4.98 Å². The van der Waals surface area contributed by atoms with Crippen molar-refractivity contribution in [2.45, 2.75) is 25.4 Å². The lowest BCUT2D eigenvalue weighted by atomic mass is 10.2. The third-order valence-electron chi connectivity index (χ3n) is 3.29. The first-order valence-corrected chi connectivity index (χ1v) is 5.20. The quantitative estimate of drug-likeness (QED) is 0.774. The summed E-state index contributed by atoms with van der Waals surface area (Å²) in [7, 11) is 0. The van der Waals surface area contributed by atoms with Crippen LogP contribution in [0.3, 0.4) is 0 Å². The molecule has 2 aliphatic rings. The molecule has 0 radical (unpaired) electrons. The largest absolute Gasteiger partial charge is 0.487 e. The van der Waals surface area contributed by atoms with Gasteiger partial charge in [0.05, 0.1) is 6.10 Å². The van der Waals surface area contributed by atoms with Crippen molar-refractivity contribution in [2.24, 2.45) is 11.8 Å². The Morgan fingerprint density at radius 3 is 2.79 bits per heavy atom. The molecule has 2 saturated carbocycles. The summed E-state index contributed by atoms with van der Waals surface area (Å²) in [6.45, 7) is 0. The van der Waals surface area contributed by atoms with Crippen LogP contribution in [0.5, 0.6) is 5.75 Å². The van der Waals surface area contributed by atoms with Gasteiger partial charge in [-0.2, -0.15) is 0 Å². The second kappa shape index (κ2) is 2.87. The number of rotatable bonds is 2. The standard InChI is InChI=1S/C11H14N2O/c12-11-10(2-1-3-13-11)14-9-5-7-4-8(7)6-9/h1-3,7-9H,4-6H2,(H2,12,13)/t7-,8+,9?. The molecule has 1 aromatic heterocycles. The van der Waals surface area contributed by atoms with E-state index in [1.807, 2.05) is 12.1 Å². The zero-order valence-electron chi connectivity index (χ0n) is 8.02. The summed E-state index contributed by atoms with van der Waals surface area (Å²) in [6.07, 6.45) is 5.90. The second-order valence-corrected chi connectivity index (χ2v) is 4.35. The molecule has 2 aliphatic carbocycles. The van der Waals surface area contributed by atoms with E-state index in [-0.39, 0.29) is 0 Å². The van der Waals surface area contributed by atoms with Crippen LogP contribution < -0.4 is 10.5 Å². The molecule has 3 heteroatoms. The molecule has 1 heterocycles. The first-order valence-electron chi connectivity index (χ1n) is 5.20. The SMILES string of the molecule is Nc1ncccc1OC1C[C@@H]2C[C@@H]2C1. The van der Waals surface area contributed by atoms with E-state index in [4.69, 9.17) is 10.5 Å². The summed E-state index contributed by atoms with van der Waals surface area (Å²) in [4.78, 5) is 4.00. The lowest BCUT2D eigenvalue weighted by molar-refractivity contribution is 0.195. The average Bonchev–Trinajstić information content (AvgIpc) is 2.79. The van der Waals surface area contributed by atoms with Crippen molar-refractivity contribution in [3.63, 3.8) is 0 Å². The molecule has 0 bridgehead atoms. The maximum absolute atomic E-state index is 5.82. The fourth-order valence-electron chi connectivity index (χ4n) is 2.44. The van der Waals surface area contributed by atoms with Crippen molar-refractivity contribution >= 4 is 5.82 Å². The summed E-state index contributed by atoms with van der Waals surface area (Å²) in [5, 5.41) is 0. The fourth-order valence-corrected chi connectivity index (χ4v) is 2.44. The highest BCUT2D eigenvalue weighted by Crippen LogP contribution is 2.52. The molecule has 2 N–H and O–H groups in total. The zero-order chi connectivity index (χ0) is 9.54. The normalized spacial score (nSPS) is 33.9. The molecule has 3 atom stereocenters. The highest BCUT2D eigenvalue weighted by atomic mass is 16.5. The topological polar surface area (TPSA) is 48.1 Å². The minimum Gasteiger partial charge on any atom is -0.487 e. The molecule has 3 nitrogen and oxygen atoms in total. The summed E-state index contributed by atoms with van der Waals surface area (Å²) in [5.74, 6) is 3.14. The molecular formula is C11H14N2O. The fraction of sp³-hybridized carbons (Fsp3) is 0.545. The van der Waals surface area contributed by atoms with Gasteiger partial charge in [-0.3, -0.25) is 0 Å². The maximum Gasteiger partial charge on any atom is 0.166 e. The molecule has 1 unspecified atom stereocenters. The van der Waals surface area contributed by atoms with Gasteiger partial charge in [0.1, 0.15) is 0 Å². The molecule has 0 spiro atoms. The number of fused-ring (bicyclic) bond motifs is 1. The van der Waals surface area contributed by atoms with E-state index < -0.39 is 0 Å². The first-order chi connectivity index (χ1) is 6.83. The number of nitrogen functional groups attached to an aromatic ring is 1. The average molecular weight is 190 g/mol. The third-order valence-corrected chi connectivity index (χ3v) is 3.29. The van der Waals surface area contributed by atoms with Crippen molar-refractivity contribution in [1.82, 2.24) is 4.98 Å². The molecule has 0 saturated heterocycles. The molecule has 0 amide bonds. The van der Waals surface area contributed by atoms with E-state index in [1.165, 1.54) is 19.3 Å². The van der Waals surface area contributed by atoms with Crippen molar-refractivity contribution in [2.75, 3.05) is 5.73 Å². The number of ether oxygens (including phenoxy) is 1. The Kier molecular flexibility index (Phi) is 1.66. The summed E-state index contributed by atoms with van der Waals surface area (Å²) in [5.41, 5.74) is 5.71. The van der Waals surface area contributed by atoms with Crippen LogP contribution in [0.15, 0.2) is 18.3 Å². The lowest BCUT2D eigenvalue weighted by Crippen LogP contribution is -2.14. The first kappa shape index (κ1) is 8.09. The number of hydrogen-bond acceptors (Lipinski definition) is 3. The van der Waals surface area contributed by atoms with Crippen LogP contribution in [0.25, 0.3) is 0 Å². The second-order valence-electron chi connectivity index (χ2n) is 4.35. The number of nitrogens with two attached hydrogens (primary N) is 1. The van der Waals surface area contributed by atoms with E-state index in [0.717, 1.165) is 17.6 Å². The van der Waals surface area contributed by atoms with Crippen LogP contribution in [-0.2, 0) is 0 Å². The Labute approximate surface area is 83.3 Å². The smallest absolute Gasteiger partial charge is 0.166 e. The van der Waals surface area contributed by atoms with Gasteiger partial charge >= 0.3 is 0 Å². The monoisotopic (exact) mass is 190 g/mol. The zero-order valence-corrected chi connectivity index (χ0v) is 8.02. The van der Waals surface area contributed by atoms with E-state index in [1.54, 1.807) is 6.20 Å². The van der Waals surface area contributed by atoms with Crippen LogP contribution in [0.2, 0.25) is 0 Å². The highest BCUT2D eigenvalue weighted by Gasteiger charge is 2.46. The van der Waals surface area contributed by atoms with Crippen molar-refractivity contribution < 1.29 is 4.74 Å². The van der Waals surface area contributed by atoms with Crippen LogP contribution in [0.4, 0.5) is 5.82 Å². The Morgan fingerprint density at radius 1 is 1.29 bits per heavy atom. The van der Waals surface area contributed by atoms with E-state index in [0.29, 0.717) is 11.9 Å². The maximum atomic E-state index is 5.82. The van der Waals surface area contributed by atoms with Crippen molar-refractivity contribution in [1.29, 1.82) is 0 Å². The molecule has 1 aromatic rings. The predicted octanol–water partition coefficient (Wildman–Crippen LogP) is 1.84. The number of anilines is 1. The summed E-state index contributed by atoms with van der Waals surface area (Å²) < 4.78 is 5.82. The van der Waals surface area contributed by atoms with Crippen LogP contribution in [-0.4, -0.2) is 11.1 Å². The van der Waals surface area contributed by atoms with Gasteiger partial charge in [-0.1, -0.05) is 0 Å². The molecule has 3 rings (SSSR count). The van der Waals surface area contributed by atoms with Gasteiger partial charge in [0, 0.05) is 6.20 Å². The van der Waals surface area contributed by atoms with Gasteiger partial charge in [0.2, 0.25) is 0 Å². The lowest BCUT2D eigenvalue weighted by Gasteiger charge is -2.15. The molecule has 14 heavy (non-hydrogen) atoms. The van der Waals surface area contributed by atoms with Crippen LogP contribution in [0, 0.1) is 11.8 Å². The van der Waals surface area contributed by atoms with Gasteiger partial charge in [0.25, 0.3) is 0 Å². The number of pyridine rings is 1. The number of nitrogens with zero attached hydrogens (tertiary/aromatic N) is 1. The van der Waals surface area contributed by atoms with E-state index in [9.17, 15) is 0 Å². The Balaban J connectivity index is 1.69.